The lowest BCUT2D eigenvalue weighted by atomic mass is 10.1. The highest BCUT2D eigenvalue weighted by atomic mass is 35.5. The third kappa shape index (κ3) is 4.43. The molecule has 0 radical (unpaired) electrons. The second kappa shape index (κ2) is 7.98. The highest BCUT2D eigenvalue weighted by molar-refractivity contribution is 6.30. The smallest absolute Gasteiger partial charge is 0.258 e. The van der Waals surface area contributed by atoms with Crippen molar-refractivity contribution in [3.05, 3.63) is 64.9 Å². The van der Waals surface area contributed by atoms with Crippen LogP contribution in [-0.2, 0) is 0 Å². The van der Waals surface area contributed by atoms with Crippen LogP contribution < -0.4 is 10.6 Å². The van der Waals surface area contributed by atoms with E-state index in [1.807, 2.05) is 0 Å². The van der Waals surface area contributed by atoms with Gasteiger partial charge in [-0.3, -0.25) is 4.79 Å². The molecule has 21 heavy (non-hydrogen) atoms. The summed E-state index contributed by atoms with van der Waals surface area (Å²) in [5.41, 5.74) is 6.51. The van der Waals surface area contributed by atoms with E-state index in [2.05, 4.69) is 0 Å². The Morgan fingerprint density at radius 2 is 1.86 bits per heavy atom. The van der Waals surface area contributed by atoms with Crippen molar-refractivity contribution in [2.24, 2.45) is 5.73 Å². The highest BCUT2D eigenvalue weighted by Gasteiger charge is 2.17. The summed E-state index contributed by atoms with van der Waals surface area (Å²) in [6.07, 6.45) is 0. The maximum Gasteiger partial charge on any atom is 0.258 e. The summed E-state index contributed by atoms with van der Waals surface area (Å²) < 4.78 is 13.2. The van der Waals surface area contributed by atoms with E-state index in [1.165, 1.54) is 23.1 Å². The Hall–Kier alpha value is -1.62. The van der Waals surface area contributed by atoms with Gasteiger partial charge in [0.2, 0.25) is 0 Å². The summed E-state index contributed by atoms with van der Waals surface area (Å²) in [7, 11) is 0. The fraction of sp³-hybridized carbons (Fsp3) is 0.133. The summed E-state index contributed by atoms with van der Waals surface area (Å²) in [5, 5.41) is 0.583. The molecule has 0 unspecified atom stereocenters. The van der Waals surface area contributed by atoms with Crippen molar-refractivity contribution in [2.75, 3.05) is 18.0 Å². The van der Waals surface area contributed by atoms with Gasteiger partial charge in [-0.05, 0) is 42.5 Å². The van der Waals surface area contributed by atoms with Gasteiger partial charge in [0.25, 0.3) is 5.91 Å². The number of halogens is 3. The Bertz CT molecular complexity index is 605. The van der Waals surface area contributed by atoms with Gasteiger partial charge >= 0.3 is 0 Å². The third-order valence-corrected chi connectivity index (χ3v) is 3.06. The Labute approximate surface area is 133 Å². The highest BCUT2D eigenvalue weighted by Crippen LogP contribution is 2.20. The number of amides is 1. The molecule has 0 saturated carbocycles. The number of carbonyl (C=O) groups is 1. The first kappa shape index (κ1) is 17.4. The largest absolute Gasteiger partial charge is 0.329 e. The molecule has 6 heteroatoms. The lowest BCUT2D eigenvalue weighted by molar-refractivity contribution is 0.0987. The topological polar surface area (TPSA) is 46.3 Å². The number of hydrogen-bond acceptors (Lipinski definition) is 2. The van der Waals surface area contributed by atoms with Crippen molar-refractivity contribution in [3.8, 4) is 0 Å². The van der Waals surface area contributed by atoms with Gasteiger partial charge in [-0.2, -0.15) is 0 Å². The molecule has 0 atom stereocenters. The second-order valence-corrected chi connectivity index (χ2v) is 4.67. The van der Waals surface area contributed by atoms with E-state index >= 15 is 0 Å². The number of nitrogens with two attached hydrogens (primary N) is 1. The molecule has 0 bridgehead atoms. The van der Waals surface area contributed by atoms with Gasteiger partial charge < -0.3 is 10.6 Å². The van der Waals surface area contributed by atoms with Gasteiger partial charge in [0.15, 0.2) is 0 Å². The molecular weight excluding hydrogens is 314 g/mol. The molecule has 0 spiro atoms. The first-order valence-electron chi connectivity index (χ1n) is 6.15. The van der Waals surface area contributed by atoms with Crippen LogP contribution in [0.1, 0.15) is 10.4 Å². The number of carbonyl (C=O) groups excluding carboxylic acids is 1. The minimum atomic E-state index is -0.445. The van der Waals surface area contributed by atoms with Crippen LogP contribution in [0.25, 0.3) is 0 Å². The Morgan fingerprint density at radius 1 is 1.19 bits per heavy atom. The van der Waals surface area contributed by atoms with Crippen molar-refractivity contribution in [3.63, 3.8) is 0 Å². The molecule has 2 N–H and O–H groups in total. The minimum absolute atomic E-state index is 0. The molecule has 0 fully saturated rings. The van der Waals surface area contributed by atoms with Gasteiger partial charge in [0.05, 0.1) is 0 Å². The molecule has 0 aliphatic heterocycles. The molecular formula is C15H15Cl2FN2O. The van der Waals surface area contributed by atoms with Crippen LogP contribution in [0.3, 0.4) is 0 Å². The predicted molar refractivity (Wildman–Crippen MR) is 85.8 cm³/mol. The minimum Gasteiger partial charge on any atom is -0.329 e. The molecule has 0 saturated heterocycles. The molecule has 112 valence electrons. The van der Waals surface area contributed by atoms with Gasteiger partial charge in [0.1, 0.15) is 5.82 Å². The van der Waals surface area contributed by atoms with Crippen molar-refractivity contribution >= 4 is 35.6 Å². The molecule has 2 aromatic rings. The van der Waals surface area contributed by atoms with E-state index in [0.717, 1.165) is 0 Å². The molecule has 2 aromatic carbocycles. The molecule has 0 aromatic heterocycles. The monoisotopic (exact) mass is 328 g/mol. The predicted octanol–water partition coefficient (Wildman–Crippen LogP) is 3.51. The zero-order valence-electron chi connectivity index (χ0n) is 11.1. The van der Waals surface area contributed by atoms with E-state index in [9.17, 15) is 9.18 Å². The SMILES string of the molecule is Cl.NCCN(C(=O)c1cccc(F)c1)c1ccc(Cl)cc1. The molecule has 2 rings (SSSR count). The maximum atomic E-state index is 13.2. The molecule has 0 aliphatic rings. The zero-order chi connectivity index (χ0) is 14.5. The molecule has 1 amide bonds. The number of anilines is 1. The summed E-state index contributed by atoms with van der Waals surface area (Å²) >= 11 is 5.83. The first-order valence-corrected chi connectivity index (χ1v) is 6.52. The first-order chi connectivity index (χ1) is 9.61. The summed E-state index contributed by atoms with van der Waals surface area (Å²) in [4.78, 5) is 13.9. The van der Waals surface area contributed by atoms with Crippen LogP contribution in [0.2, 0.25) is 5.02 Å². The lowest BCUT2D eigenvalue weighted by Gasteiger charge is -2.22. The Balaban J connectivity index is 0.00000220. The maximum absolute atomic E-state index is 13.2. The fourth-order valence-corrected chi connectivity index (χ4v) is 2.00. The van der Waals surface area contributed by atoms with Crippen LogP contribution in [0.15, 0.2) is 48.5 Å². The van der Waals surface area contributed by atoms with Gasteiger partial charge in [-0.25, -0.2) is 4.39 Å². The van der Waals surface area contributed by atoms with Crippen LogP contribution >= 0.6 is 24.0 Å². The molecule has 3 nitrogen and oxygen atoms in total. The molecule has 0 heterocycles. The fourth-order valence-electron chi connectivity index (χ4n) is 1.88. The number of rotatable bonds is 4. The Morgan fingerprint density at radius 3 is 2.43 bits per heavy atom. The van der Waals surface area contributed by atoms with E-state index in [1.54, 1.807) is 30.3 Å². The van der Waals surface area contributed by atoms with Crippen LogP contribution in [-0.4, -0.2) is 19.0 Å². The van der Waals surface area contributed by atoms with Crippen molar-refractivity contribution in [1.82, 2.24) is 0 Å². The molecule has 0 aliphatic carbocycles. The van der Waals surface area contributed by atoms with Crippen molar-refractivity contribution < 1.29 is 9.18 Å². The van der Waals surface area contributed by atoms with Gasteiger partial charge in [-0.15, -0.1) is 12.4 Å². The summed E-state index contributed by atoms with van der Waals surface area (Å²) in [6.45, 7) is 0.653. The van der Waals surface area contributed by atoms with E-state index < -0.39 is 5.82 Å². The lowest BCUT2D eigenvalue weighted by Crippen LogP contribution is -2.35. The van der Waals surface area contributed by atoms with Gasteiger partial charge in [0, 0.05) is 29.4 Å². The van der Waals surface area contributed by atoms with Gasteiger partial charge in [-0.1, -0.05) is 17.7 Å². The standard InChI is InChI=1S/C15H14ClFN2O.ClH/c16-12-4-6-14(7-5-12)19(9-8-18)15(20)11-2-1-3-13(17)10-11;/h1-7,10H,8-9,18H2;1H. The van der Waals surface area contributed by atoms with E-state index in [0.29, 0.717) is 23.8 Å². The summed E-state index contributed by atoms with van der Waals surface area (Å²) in [6, 6.07) is 12.4. The van der Waals surface area contributed by atoms with Crippen molar-refractivity contribution in [2.45, 2.75) is 0 Å². The second-order valence-electron chi connectivity index (χ2n) is 4.23. The normalized spacial score (nSPS) is 9.86. The van der Waals surface area contributed by atoms with E-state index in [4.69, 9.17) is 17.3 Å². The quantitative estimate of drug-likeness (QED) is 0.933. The van der Waals surface area contributed by atoms with E-state index in [-0.39, 0.29) is 23.9 Å². The van der Waals surface area contributed by atoms with Crippen molar-refractivity contribution in [1.29, 1.82) is 0 Å². The zero-order valence-corrected chi connectivity index (χ0v) is 12.7. The van der Waals surface area contributed by atoms with Crippen LogP contribution in [0, 0.1) is 5.82 Å². The number of hydrogen-bond donors (Lipinski definition) is 1. The average molecular weight is 329 g/mol. The third-order valence-electron chi connectivity index (χ3n) is 2.81. The Kier molecular flexibility index (Phi) is 6.62. The number of benzene rings is 2. The van der Waals surface area contributed by atoms with Crippen LogP contribution in [0.4, 0.5) is 10.1 Å². The van der Waals surface area contributed by atoms with Crippen LogP contribution in [0.5, 0.6) is 0 Å². The summed E-state index contributed by atoms with van der Waals surface area (Å²) in [5.74, 6) is -0.739. The number of nitrogens with zero attached hydrogens (tertiary/aromatic N) is 1. The average Bonchev–Trinajstić information content (AvgIpc) is 2.45.